The number of para-hydroxylation sites is 1. The number of ether oxygens (including phenoxy) is 1. The number of aliphatic hydroxyl groups is 1. The Kier molecular flexibility index (Phi) is 6.86. The van der Waals surface area contributed by atoms with E-state index in [4.69, 9.17) is 16.3 Å². The number of phenols is 1. The second kappa shape index (κ2) is 8.89. The summed E-state index contributed by atoms with van der Waals surface area (Å²) in [4.78, 5) is 1.95. The van der Waals surface area contributed by atoms with E-state index in [2.05, 4.69) is 0 Å². The molecule has 2 N–H and O–H groups in total. The zero-order valence-electron chi connectivity index (χ0n) is 13.2. The molecule has 0 saturated carbocycles. The van der Waals surface area contributed by atoms with E-state index in [9.17, 15) is 10.2 Å². The summed E-state index contributed by atoms with van der Waals surface area (Å²) >= 11 is 5.83. The summed E-state index contributed by atoms with van der Waals surface area (Å²) < 4.78 is 5.53. The zero-order valence-corrected chi connectivity index (χ0v) is 13.9. The van der Waals surface area contributed by atoms with Gasteiger partial charge in [0.1, 0.15) is 5.75 Å². The highest BCUT2D eigenvalue weighted by Gasteiger charge is 2.10. The number of aromatic hydroxyl groups is 1. The Morgan fingerprint density at radius 2 is 1.83 bits per heavy atom. The Balaban J connectivity index is 1.70. The molecule has 2 aromatic rings. The molecule has 2 rings (SSSR count). The van der Waals surface area contributed by atoms with Gasteiger partial charge in [0.25, 0.3) is 0 Å². The summed E-state index contributed by atoms with van der Waals surface area (Å²) in [5.74, 6) is 0.271. The van der Waals surface area contributed by atoms with Crippen LogP contribution >= 0.6 is 11.6 Å². The van der Waals surface area contributed by atoms with Gasteiger partial charge in [-0.15, -0.1) is 0 Å². The van der Waals surface area contributed by atoms with Gasteiger partial charge >= 0.3 is 0 Å². The molecular weight excluding hydrogens is 314 g/mol. The van der Waals surface area contributed by atoms with Gasteiger partial charge in [0.15, 0.2) is 0 Å². The van der Waals surface area contributed by atoms with E-state index in [1.807, 2.05) is 48.3 Å². The van der Waals surface area contributed by atoms with Crippen LogP contribution in [0, 0.1) is 0 Å². The van der Waals surface area contributed by atoms with Crippen molar-refractivity contribution in [2.75, 3.05) is 20.2 Å². The van der Waals surface area contributed by atoms with Gasteiger partial charge in [-0.1, -0.05) is 41.9 Å². The molecule has 0 saturated heterocycles. The molecule has 0 aliphatic carbocycles. The number of benzene rings is 2. The normalized spacial score (nSPS) is 12.5. The van der Waals surface area contributed by atoms with Crippen molar-refractivity contribution >= 4 is 11.6 Å². The second-order valence-electron chi connectivity index (χ2n) is 5.62. The number of phenolic OH excluding ortho intramolecular Hbond substituents is 1. The first-order chi connectivity index (χ1) is 11.0. The molecule has 0 heterocycles. The third-order valence-electron chi connectivity index (χ3n) is 3.45. The third-order valence-corrected chi connectivity index (χ3v) is 3.70. The number of likely N-dealkylation sites (N-methyl/N-ethyl adjacent to an activating group) is 1. The Bertz CT molecular complexity index is 603. The molecule has 2 aromatic carbocycles. The Hall–Kier alpha value is -1.59. The molecule has 0 fully saturated rings. The largest absolute Gasteiger partial charge is 0.508 e. The van der Waals surface area contributed by atoms with Crippen LogP contribution in [0.5, 0.6) is 5.75 Å². The molecule has 1 atom stereocenters. The summed E-state index contributed by atoms with van der Waals surface area (Å²) in [6.45, 7) is 1.74. The van der Waals surface area contributed by atoms with Crippen LogP contribution in [-0.4, -0.2) is 41.4 Å². The molecule has 0 radical (unpaired) electrons. The van der Waals surface area contributed by atoms with E-state index in [1.54, 1.807) is 12.1 Å². The summed E-state index contributed by atoms with van der Waals surface area (Å²) in [6, 6.07) is 14.6. The summed E-state index contributed by atoms with van der Waals surface area (Å²) in [6.07, 6.45) is -0.585. The van der Waals surface area contributed by atoms with Crippen molar-refractivity contribution in [1.29, 1.82) is 0 Å². The third kappa shape index (κ3) is 6.20. The summed E-state index contributed by atoms with van der Waals surface area (Å²) in [7, 11) is 1.90. The fourth-order valence-electron chi connectivity index (χ4n) is 2.31. The molecule has 23 heavy (non-hydrogen) atoms. The van der Waals surface area contributed by atoms with Gasteiger partial charge in [-0.25, -0.2) is 0 Å². The van der Waals surface area contributed by atoms with E-state index in [0.29, 0.717) is 24.7 Å². The molecule has 0 amide bonds. The lowest BCUT2D eigenvalue weighted by Gasteiger charge is -2.21. The standard InChI is InChI=1S/C18H22ClNO3/c1-20(10-15-4-2-3-5-18(15)22)11-17(21)13-23-12-14-6-8-16(19)9-7-14/h2-9,17,21-22H,10-13H2,1H3. The minimum atomic E-state index is -0.585. The quantitative estimate of drug-likeness (QED) is 0.778. The molecule has 0 aliphatic heterocycles. The first-order valence-electron chi connectivity index (χ1n) is 7.50. The van der Waals surface area contributed by atoms with Crippen molar-refractivity contribution in [3.8, 4) is 5.75 Å². The SMILES string of the molecule is CN(Cc1ccccc1O)CC(O)COCc1ccc(Cl)cc1. The van der Waals surface area contributed by atoms with E-state index >= 15 is 0 Å². The van der Waals surface area contributed by atoms with Crippen LogP contribution in [0.4, 0.5) is 0 Å². The highest BCUT2D eigenvalue weighted by atomic mass is 35.5. The first kappa shape index (κ1) is 17.8. The van der Waals surface area contributed by atoms with Gasteiger partial charge in [-0.3, -0.25) is 4.90 Å². The molecule has 0 spiro atoms. The number of aliphatic hydroxyl groups excluding tert-OH is 1. The lowest BCUT2D eigenvalue weighted by atomic mass is 10.2. The average Bonchev–Trinajstić information content (AvgIpc) is 2.51. The van der Waals surface area contributed by atoms with E-state index < -0.39 is 6.10 Å². The summed E-state index contributed by atoms with van der Waals surface area (Å²) in [5, 5.41) is 20.5. The smallest absolute Gasteiger partial charge is 0.120 e. The number of hydrogen-bond acceptors (Lipinski definition) is 4. The van der Waals surface area contributed by atoms with Crippen LogP contribution in [0.15, 0.2) is 48.5 Å². The van der Waals surface area contributed by atoms with Crippen molar-refractivity contribution in [2.45, 2.75) is 19.3 Å². The molecule has 0 aliphatic rings. The van der Waals surface area contributed by atoms with Gasteiger partial charge in [0.05, 0.1) is 19.3 Å². The van der Waals surface area contributed by atoms with Crippen LogP contribution in [0.2, 0.25) is 5.02 Å². The first-order valence-corrected chi connectivity index (χ1v) is 7.88. The van der Waals surface area contributed by atoms with Crippen molar-refractivity contribution in [2.24, 2.45) is 0 Å². The predicted octanol–water partition coefficient (Wildman–Crippen LogP) is 3.06. The maximum absolute atomic E-state index is 10.0. The molecule has 124 valence electrons. The van der Waals surface area contributed by atoms with Crippen LogP contribution in [0.3, 0.4) is 0 Å². The molecule has 0 bridgehead atoms. The minimum Gasteiger partial charge on any atom is -0.508 e. The molecule has 4 nitrogen and oxygen atoms in total. The highest BCUT2D eigenvalue weighted by molar-refractivity contribution is 6.30. The Morgan fingerprint density at radius 1 is 1.13 bits per heavy atom. The zero-order chi connectivity index (χ0) is 16.7. The predicted molar refractivity (Wildman–Crippen MR) is 91.6 cm³/mol. The number of hydrogen-bond donors (Lipinski definition) is 2. The van der Waals surface area contributed by atoms with Crippen molar-refractivity contribution in [3.05, 3.63) is 64.7 Å². The minimum absolute atomic E-state index is 0.258. The molecule has 1 unspecified atom stereocenters. The Labute approximate surface area is 141 Å². The molecular formula is C18H22ClNO3. The molecule has 0 aromatic heterocycles. The van der Waals surface area contributed by atoms with Gasteiger partial charge in [0, 0.05) is 23.7 Å². The topological polar surface area (TPSA) is 52.9 Å². The van der Waals surface area contributed by atoms with Gasteiger partial charge in [-0.05, 0) is 30.8 Å². The number of nitrogens with zero attached hydrogens (tertiary/aromatic N) is 1. The van der Waals surface area contributed by atoms with Crippen molar-refractivity contribution in [3.63, 3.8) is 0 Å². The van der Waals surface area contributed by atoms with Crippen molar-refractivity contribution < 1.29 is 14.9 Å². The van der Waals surface area contributed by atoms with E-state index in [-0.39, 0.29) is 12.4 Å². The fourth-order valence-corrected chi connectivity index (χ4v) is 2.43. The van der Waals surface area contributed by atoms with Crippen LogP contribution in [-0.2, 0) is 17.9 Å². The van der Waals surface area contributed by atoms with E-state index in [1.165, 1.54) is 0 Å². The monoisotopic (exact) mass is 335 g/mol. The van der Waals surface area contributed by atoms with Crippen molar-refractivity contribution in [1.82, 2.24) is 4.90 Å². The maximum Gasteiger partial charge on any atom is 0.120 e. The second-order valence-corrected chi connectivity index (χ2v) is 6.06. The van der Waals surface area contributed by atoms with Gasteiger partial charge in [0.2, 0.25) is 0 Å². The maximum atomic E-state index is 10.0. The van der Waals surface area contributed by atoms with Crippen LogP contribution in [0.1, 0.15) is 11.1 Å². The summed E-state index contributed by atoms with van der Waals surface area (Å²) in [5.41, 5.74) is 1.86. The van der Waals surface area contributed by atoms with Crippen LogP contribution in [0.25, 0.3) is 0 Å². The van der Waals surface area contributed by atoms with Gasteiger partial charge < -0.3 is 14.9 Å². The Morgan fingerprint density at radius 3 is 2.52 bits per heavy atom. The number of halogens is 1. The highest BCUT2D eigenvalue weighted by Crippen LogP contribution is 2.17. The van der Waals surface area contributed by atoms with E-state index in [0.717, 1.165) is 11.1 Å². The average molecular weight is 336 g/mol. The van der Waals surface area contributed by atoms with Crippen LogP contribution < -0.4 is 0 Å². The molecule has 5 heteroatoms. The number of rotatable bonds is 8. The fraction of sp³-hybridized carbons (Fsp3) is 0.333. The lowest BCUT2D eigenvalue weighted by molar-refractivity contribution is 0.0126. The lowest BCUT2D eigenvalue weighted by Crippen LogP contribution is -2.31. The van der Waals surface area contributed by atoms with Gasteiger partial charge in [-0.2, -0.15) is 0 Å².